The van der Waals surface area contributed by atoms with E-state index >= 15 is 0 Å². The van der Waals surface area contributed by atoms with Crippen LogP contribution in [-0.2, 0) is 11.3 Å². The third-order valence-corrected chi connectivity index (χ3v) is 5.49. The van der Waals surface area contributed by atoms with Gasteiger partial charge in [0.1, 0.15) is 5.54 Å². The van der Waals surface area contributed by atoms with E-state index in [0.717, 1.165) is 44.1 Å². The van der Waals surface area contributed by atoms with Gasteiger partial charge in [-0.2, -0.15) is 0 Å². The van der Waals surface area contributed by atoms with Gasteiger partial charge < -0.3 is 14.8 Å². The van der Waals surface area contributed by atoms with Crippen molar-refractivity contribution in [2.45, 2.75) is 50.6 Å². The Morgan fingerprint density at radius 3 is 2.37 bits per heavy atom. The van der Waals surface area contributed by atoms with Gasteiger partial charge >= 0.3 is 6.03 Å². The molecule has 1 aliphatic heterocycles. The number of carbonyl (C=O) groups excluding carboxylic acids is 2. The van der Waals surface area contributed by atoms with Gasteiger partial charge in [0.2, 0.25) is 0 Å². The predicted octanol–water partition coefficient (Wildman–Crippen LogP) is 2.74. The van der Waals surface area contributed by atoms with Crippen molar-refractivity contribution in [2.75, 3.05) is 27.9 Å². The molecular formula is C20H29N3O4. The molecule has 2 fully saturated rings. The summed E-state index contributed by atoms with van der Waals surface area (Å²) in [7, 11) is 5.10. The smallest absolute Gasteiger partial charge is 0.326 e. The minimum Gasteiger partial charge on any atom is -0.493 e. The number of amides is 3. The van der Waals surface area contributed by atoms with E-state index in [0.29, 0.717) is 18.0 Å². The van der Waals surface area contributed by atoms with E-state index in [2.05, 4.69) is 5.32 Å². The normalized spacial score (nSPS) is 19.3. The van der Waals surface area contributed by atoms with E-state index in [1.807, 2.05) is 30.1 Å². The van der Waals surface area contributed by atoms with Crippen LogP contribution in [0.1, 0.15) is 44.1 Å². The number of urea groups is 1. The second-order valence-corrected chi connectivity index (χ2v) is 7.50. The van der Waals surface area contributed by atoms with Gasteiger partial charge in [0, 0.05) is 6.54 Å². The first-order valence-corrected chi connectivity index (χ1v) is 9.52. The lowest BCUT2D eigenvalue weighted by atomic mass is 9.90. The first kappa shape index (κ1) is 19.5. The Morgan fingerprint density at radius 2 is 1.74 bits per heavy atom. The lowest BCUT2D eigenvalue weighted by Crippen LogP contribution is -2.47. The zero-order valence-electron chi connectivity index (χ0n) is 16.4. The number of benzene rings is 1. The molecule has 148 valence electrons. The lowest BCUT2D eigenvalue weighted by Gasteiger charge is -2.26. The molecule has 3 amide bonds. The van der Waals surface area contributed by atoms with E-state index in [1.54, 1.807) is 14.2 Å². The molecule has 0 aromatic heterocycles. The van der Waals surface area contributed by atoms with E-state index in [9.17, 15) is 9.59 Å². The minimum atomic E-state index is -0.683. The summed E-state index contributed by atoms with van der Waals surface area (Å²) < 4.78 is 10.6. The molecule has 7 heteroatoms. The Kier molecular flexibility index (Phi) is 5.89. The maximum atomic E-state index is 13.0. The molecule has 0 atom stereocenters. The molecule has 1 aliphatic carbocycles. The SMILES string of the molecule is COc1ccc(CN(C)CN2C(=O)NC3(CCCCCC3)C2=O)cc1OC. The van der Waals surface area contributed by atoms with E-state index in [1.165, 1.54) is 4.90 Å². The molecular weight excluding hydrogens is 346 g/mol. The third-order valence-electron chi connectivity index (χ3n) is 5.49. The molecule has 1 aromatic carbocycles. The summed E-state index contributed by atoms with van der Waals surface area (Å²) in [6.45, 7) is 0.852. The first-order valence-electron chi connectivity index (χ1n) is 9.52. The summed E-state index contributed by atoms with van der Waals surface area (Å²) in [5.41, 5.74) is 0.337. The molecule has 2 aliphatic rings. The Morgan fingerprint density at radius 1 is 1.07 bits per heavy atom. The molecule has 7 nitrogen and oxygen atoms in total. The first-order chi connectivity index (χ1) is 13.0. The van der Waals surface area contributed by atoms with Gasteiger partial charge in [-0.05, 0) is 37.6 Å². The van der Waals surface area contributed by atoms with Crippen LogP contribution in [0.5, 0.6) is 11.5 Å². The quantitative estimate of drug-likeness (QED) is 0.774. The monoisotopic (exact) mass is 375 g/mol. The molecule has 1 aromatic rings. The lowest BCUT2D eigenvalue weighted by molar-refractivity contribution is -0.133. The van der Waals surface area contributed by atoms with Crippen LogP contribution in [-0.4, -0.2) is 55.2 Å². The Labute approximate surface area is 160 Å². The zero-order chi connectivity index (χ0) is 19.4. The Hall–Kier alpha value is -2.28. The summed E-state index contributed by atoms with van der Waals surface area (Å²) >= 11 is 0. The van der Waals surface area contributed by atoms with Crippen LogP contribution >= 0.6 is 0 Å². The van der Waals surface area contributed by atoms with Gasteiger partial charge in [-0.1, -0.05) is 31.7 Å². The van der Waals surface area contributed by atoms with E-state index in [4.69, 9.17) is 9.47 Å². The number of carbonyl (C=O) groups is 2. The van der Waals surface area contributed by atoms with Crippen molar-refractivity contribution in [3.05, 3.63) is 23.8 Å². The number of hydrogen-bond acceptors (Lipinski definition) is 5. The van der Waals surface area contributed by atoms with Crippen LogP contribution in [0.4, 0.5) is 4.79 Å². The molecule has 1 spiro atoms. The van der Waals surface area contributed by atoms with Crippen molar-refractivity contribution in [1.82, 2.24) is 15.1 Å². The number of rotatable bonds is 6. The highest BCUT2D eigenvalue weighted by Gasteiger charge is 2.50. The maximum absolute atomic E-state index is 13.0. The standard InChI is InChI=1S/C20H29N3O4/c1-22(13-15-8-9-16(26-2)17(12-15)27-3)14-23-18(24)20(21-19(23)25)10-6-4-5-7-11-20/h8-9,12H,4-7,10-11,13-14H2,1-3H3,(H,21,25). The molecule has 0 radical (unpaired) electrons. The highest BCUT2D eigenvalue weighted by molar-refractivity contribution is 6.07. The molecule has 1 heterocycles. The van der Waals surface area contributed by atoms with Crippen molar-refractivity contribution in [3.8, 4) is 11.5 Å². The van der Waals surface area contributed by atoms with Gasteiger partial charge in [0.15, 0.2) is 11.5 Å². The Bertz CT molecular complexity index is 698. The summed E-state index contributed by atoms with van der Waals surface area (Å²) in [6.07, 6.45) is 5.72. The molecule has 1 saturated carbocycles. The minimum absolute atomic E-state index is 0.0754. The van der Waals surface area contributed by atoms with Gasteiger partial charge in [-0.25, -0.2) is 9.69 Å². The van der Waals surface area contributed by atoms with Crippen molar-refractivity contribution in [2.24, 2.45) is 0 Å². The van der Waals surface area contributed by atoms with E-state index < -0.39 is 5.54 Å². The number of nitrogens with zero attached hydrogens (tertiary/aromatic N) is 2. The Balaban J connectivity index is 1.66. The van der Waals surface area contributed by atoms with Crippen molar-refractivity contribution in [1.29, 1.82) is 0 Å². The molecule has 1 saturated heterocycles. The highest BCUT2D eigenvalue weighted by Crippen LogP contribution is 2.33. The van der Waals surface area contributed by atoms with Gasteiger partial charge in [0.05, 0.1) is 20.9 Å². The van der Waals surface area contributed by atoms with E-state index in [-0.39, 0.29) is 18.6 Å². The number of methoxy groups -OCH3 is 2. The van der Waals surface area contributed by atoms with Crippen molar-refractivity contribution in [3.63, 3.8) is 0 Å². The predicted molar refractivity (Wildman–Crippen MR) is 102 cm³/mol. The molecule has 27 heavy (non-hydrogen) atoms. The van der Waals surface area contributed by atoms with Gasteiger partial charge in [-0.3, -0.25) is 9.69 Å². The summed E-state index contributed by atoms with van der Waals surface area (Å²) in [5.74, 6) is 1.26. The molecule has 0 bridgehead atoms. The topological polar surface area (TPSA) is 71.1 Å². The van der Waals surface area contributed by atoms with Crippen LogP contribution in [0.3, 0.4) is 0 Å². The fourth-order valence-electron chi connectivity index (χ4n) is 4.06. The number of imide groups is 1. The van der Waals surface area contributed by atoms with Crippen LogP contribution in [0.15, 0.2) is 18.2 Å². The van der Waals surface area contributed by atoms with Gasteiger partial charge in [0.25, 0.3) is 5.91 Å². The van der Waals surface area contributed by atoms with Crippen molar-refractivity contribution >= 4 is 11.9 Å². The largest absolute Gasteiger partial charge is 0.493 e. The number of ether oxygens (including phenoxy) is 2. The summed E-state index contributed by atoms with van der Waals surface area (Å²) in [6, 6.07) is 5.45. The van der Waals surface area contributed by atoms with Crippen LogP contribution in [0.25, 0.3) is 0 Å². The number of hydrogen-bond donors (Lipinski definition) is 1. The van der Waals surface area contributed by atoms with Crippen LogP contribution in [0.2, 0.25) is 0 Å². The fraction of sp³-hybridized carbons (Fsp3) is 0.600. The highest BCUT2D eigenvalue weighted by atomic mass is 16.5. The summed E-state index contributed by atoms with van der Waals surface area (Å²) in [4.78, 5) is 28.8. The average Bonchev–Trinajstić information content (AvgIpc) is 2.83. The third kappa shape index (κ3) is 4.03. The molecule has 1 N–H and O–H groups in total. The zero-order valence-corrected chi connectivity index (χ0v) is 16.4. The summed E-state index contributed by atoms with van der Waals surface area (Å²) in [5, 5.41) is 2.99. The van der Waals surface area contributed by atoms with Crippen LogP contribution < -0.4 is 14.8 Å². The second-order valence-electron chi connectivity index (χ2n) is 7.50. The maximum Gasteiger partial charge on any atom is 0.326 e. The average molecular weight is 375 g/mol. The molecule has 0 unspecified atom stereocenters. The second kappa shape index (κ2) is 8.17. The van der Waals surface area contributed by atoms with Crippen molar-refractivity contribution < 1.29 is 19.1 Å². The van der Waals surface area contributed by atoms with Gasteiger partial charge in [-0.15, -0.1) is 0 Å². The van der Waals surface area contributed by atoms with Crippen LogP contribution in [0, 0.1) is 0 Å². The number of nitrogens with one attached hydrogen (secondary N) is 1. The fourth-order valence-corrected chi connectivity index (χ4v) is 4.06. The molecule has 3 rings (SSSR count).